The Morgan fingerprint density at radius 1 is 0.650 bits per heavy atom. The van der Waals surface area contributed by atoms with Crippen molar-refractivity contribution in [2.45, 2.75) is 116 Å². The van der Waals surface area contributed by atoms with Crippen molar-refractivity contribution in [1.29, 1.82) is 0 Å². The van der Waals surface area contributed by atoms with Gasteiger partial charge in [0, 0.05) is 6.42 Å². The predicted molar refractivity (Wildman–Crippen MR) is 224 cm³/mol. The maximum Gasteiger partial charge on any atom is 0.334 e. The van der Waals surface area contributed by atoms with Gasteiger partial charge in [0.25, 0.3) is 0 Å². The Labute approximate surface area is 352 Å². The van der Waals surface area contributed by atoms with E-state index in [-0.39, 0.29) is 24.2 Å². The molecule has 0 fully saturated rings. The van der Waals surface area contributed by atoms with E-state index < -0.39 is 102 Å². The fourth-order valence-electron chi connectivity index (χ4n) is 6.13. The van der Waals surface area contributed by atoms with Gasteiger partial charge in [0.15, 0.2) is 6.29 Å². The first kappa shape index (κ1) is 50.5. The minimum atomic E-state index is -1.59. The molecule has 0 aliphatic carbocycles. The number of aldehydes is 1. The third kappa shape index (κ3) is 15.5. The minimum Gasteiger partial charge on any atom is -0.424 e. The third-order valence-corrected chi connectivity index (χ3v) is 10.7. The third-order valence-electron chi connectivity index (χ3n) is 10.7. The van der Waals surface area contributed by atoms with E-state index in [1.165, 1.54) is 12.1 Å². The molecule has 17 heteroatoms. The van der Waals surface area contributed by atoms with E-state index in [1.807, 2.05) is 44.2 Å². The fourth-order valence-corrected chi connectivity index (χ4v) is 6.13. The molecule has 0 aromatic heterocycles. The first-order valence-electron chi connectivity index (χ1n) is 20.4. The summed E-state index contributed by atoms with van der Waals surface area (Å²) in [6.07, 6.45) is 1.56. The minimum absolute atomic E-state index is 0.0126. The van der Waals surface area contributed by atoms with Gasteiger partial charge in [0.2, 0.25) is 35.4 Å². The molecule has 0 bridgehead atoms. The van der Waals surface area contributed by atoms with Crippen LogP contribution >= 0.6 is 0 Å². The maximum atomic E-state index is 13.9. The van der Waals surface area contributed by atoms with Crippen LogP contribution < -0.4 is 42.4 Å². The van der Waals surface area contributed by atoms with Gasteiger partial charge in [-0.25, -0.2) is 4.79 Å². The molecule has 2 aromatic rings. The van der Waals surface area contributed by atoms with Gasteiger partial charge in [-0.3, -0.25) is 33.6 Å². The average Bonchev–Trinajstić information content (AvgIpc) is 3.25. The Bertz CT molecular complexity index is 1760. The van der Waals surface area contributed by atoms with E-state index in [9.17, 15) is 43.5 Å². The lowest BCUT2D eigenvalue weighted by Crippen LogP contribution is -2.61. The van der Waals surface area contributed by atoms with E-state index in [0.29, 0.717) is 32.0 Å². The lowest BCUT2D eigenvalue weighted by atomic mass is 9.95. The van der Waals surface area contributed by atoms with Crippen LogP contribution in [0.15, 0.2) is 54.6 Å². The van der Waals surface area contributed by atoms with Crippen LogP contribution in [-0.4, -0.2) is 103 Å². The Balaban J connectivity index is 2.28. The van der Waals surface area contributed by atoms with Crippen molar-refractivity contribution >= 4 is 47.7 Å². The summed E-state index contributed by atoms with van der Waals surface area (Å²) in [5, 5.41) is 26.3. The van der Waals surface area contributed by atoms with Gasteiger partial charge in [-0.15, -0.1) is 0 Å². The zero-order chi connectivity index (χ0) is 44.9. The van der Waals surface area contributed by atoms with E-state index in [4.69, 9.17) is 10.5 Å². The van der Waals surface area contributed by atoms with Crippen molar-refractivity contribution in [1.82, 2.24) is 31.9 Å². The summed E-state index contributed by atoms with van der Waals surface area (Å²) >= 11 is 0. The molecule has 0 aliphatic rings. The Hall–Kier alpha value is -5.68. The van der Waals surface area contributed by atoms with Crippen molar-refractivity contribution in [3.8, 4) is 5.75 Å². The molecule has 0 radical (unpaired) electrons. The Morgan fingerprint density at radius 3 is 1.63 bits per heavy atom. The second kappa shape index (κ2) is 25.7. The zero-order valence-electron chi connectivity index (χ0n) is 35.6. The maximum absolute atomic E-state index is 13.9. The number of carbonyl (C=O) groups excluding carboxylic acids is 8. The molecule has 60 heavy (non-hydrogen) atoms. The van der Waals surface area contributed by atoms with Gasteiger partial charge in [-0.1, -0.05) is 103 Å². The van der Waals surface area contributed by atoms with E-state index >= 15 is 0 Å². The number of aliphatic hydroxyl groups is 1. The zero-order valence-corrected chi connectivity index (χ0v) is 35.6. The number of rotatable bonds is 26. The summed E-state index contributed by atoms with van der Waals surface area (Å²) in [6, 6.07) is 8.15. The van der Waals surface area contributed by atoms with Crippen molar-refractivity contribution in [2.24, 2.45) is 23.5 Å². The number of nitrogens with two attached hydrogens (primary N) is 1. The summed E-state index contributed by atoms with van der Waals surface area (Å²) in [6.45, 7) is 9.70. The van der Waals surface area contributed by atoms with Gasteiger partial charge in [-0.2, -0.15) is 0 Å². The lowest BCUT2D eigenvalue weighted by Gasteiger charge is -2.30. The molecule has 1 unspecified atom stereocenters. The monoisotopic (exact) mass is 837 g/mol. The molecule has 2 rings (SSSR count). The second-order valence-corrected chi connectivity index (χ2v) is 15.0. The van der Waals surface area contributed by atoms with Gasteiger partial charge < -0.3 is 47.5 Å². The first-order valence-corrected chi connectivity index (χ1v) is 20.4. The second-order valence-electron chi connectivity index (χ2n) is 15.0. The summed E-state index contributed by atoms with van der Waals surface area (Å²) in [5.74, 6) is -6.72. The Kier molecular flexibility index (Phi) is 21.6. The highest BCUT2D eigenvalue weighted by Crippen LogP contribution is 2.19. The molecule has 0 saturated heterocycles. The molecule has 9 atom stereocenters. The van der Waals surface area contributed by atoms with Crippen molar-refractivity contribution in [3.63, 3.8) is 0 Å². The SMILES string of the molecule is CC[C@H](C)C(NC(=O)[C@H](NC(=O)[C@@H](CCC(N)=O)NC(=O)[C@H](CO)NC(=O)[C@@H](NC(=O)[C@@H](Cc1ccccc1)NC)[C@@H](C)CC)[C@@H](C)CC)C(=O)Oc1ccccc1C=O. The van der Waals surface area contributed by atoms with E-state index in [1.54, 1.807) is 46.9 Å². The van der Waals surface area contributed by atoms with Gasteiger partial charge in [-0.05, 0) is 55.3 Å². The number of para-hydroxylation sites is 1. The highest BCUT2D eigenvalue weighted by Gasteiger charge is 2.36. The molecular formula is C43H63N7O10. The quantitative estimate of drug-likeness (QED) is 0.0377. The normalized spacial score (nSPS) is 15.5. The highest BCUT2D eigenvalue weighted by molar-refractivity contribution is 5.97. The van der Waals surface area contributed by atoms with Crippen LogP contribution in [0.1, 0.15) is 89.6 Å². The summed E-state index contributed by atoms with van der Waals surface area (Å²) < 4.78 is 5.52. The van der Waals surface area contributed by atoms with Gasteiger partial charge in [0.05, 0.1) is 18.2 Å². The standard InChI is InChI=1S/C43H63N7O10/c1-8-25(4)35(49-39(55)31(45-7)22-28-16-12-11-13-17-28)41(57)47-32(24-52)40(56)46-30(20-21-34(44)53)38(54)48-36(26(5)9-2)42(58)50-37(27(6)10-3)43(59)60-33-19-15-14-18-29(33)23-51/h11-19,23,25-27,30-32,35-37,45,52H,8-10,20-22,24H2,1-7H3,(H2,44,53)(H,46,56)(H,47,57)(H,48,54)(H,49,55)(H,50,58)/t25-,26-,27-,30+,31+,32-,35-,36+,37?/m0/s1. The van der Waals surface area contributed by atoms with Crippen molar-refractivity contribution in [3.05, 3.63) is 65.7 Å². The van der Waals surface area contributed by atoms with Crippen LogP contribution in [0, 0.1) is 17.8 Å². The molecule has 0 aliphatic heterocycles. The van der Waals surface area contributed by atoms with Crippen LogP contribution in [0.25, 0.3) is 0 Å². The number of hydrogen-bond acceptors (Lipinski definition) is 11. The number of esters is 1. The molecule has 17 nitrogen and oxygen atoms in total. The van der Waals surface area contributed by atoms with Crippen LogP contribution in [0.5, 0.6) is 5.75 Å². The van der Waals surface area contributed by atoms with Gasteiger partial charge in [0.1, 0.15) is 36.0 Å². The number of carbonyl (C=O) groups is 8. The molecule has 0 heterocycles. The Morgan fingerprint density at radius 2 is 1.12 bits per heavy atom. The summed E-state index contributed by atoms with van der Waals surface area (Å²) in [5.41, 5.74) is 6.42. The van der Waals surface area contributed by atoms with Crippen molar-refractivity contribution < 1.29 is 48.2 Å². The number of aliphatic hydroxyl groups excluding tert-OH is 1. The molecule has 9 N–H and O–H groups in total. The number of hydrogen-bond donors (Lipinski definition) is 8. The lowest BCUT2D eigenvalue weighted by molar-refractivity contribution is -0.142. The largest absolute Gasteiger partial charge is 0.424 e. The van der Waals surface area contributed by atoms with Crippen LogP contribution in [0.4, 0.5) is 0 Å². The molecular weight excluding hydrogens is 775 g/mol. The number of ether oxygens (including phenoxy) is 1. The smallest absolute Gasteiger partial charge is 0.334 e. The molecule has 0 spiro atoms. The number of primary amides is 1. The average molecular weight is 838 g/mol. The molecule has 330 valence electrons. The molecule has 0 saturated carbocycles. The number of benzene rings is 2. The fraction of sp³-hybridized carbons (Fsp3) is 0.535. The van der Waals surface area contributed by atoms with Crippen LogP contribution in [0.3, 0.4) is 0 Å². The topological polar surface area (TPSA) is 264 Å². The summed E-state index contributed by atoms with van der Waals surface area (Å²) in [4.78, 5) is 105. The number of nitrogens with one attached hydrogen (secondary N) is 6. The number of likely N-dealkylation sites (N-methyl/N-ethyl adjacent to an activating group) is 1. The van der Waals surface area contributed by atoms with Gasteiger partial charge >= 0.3 is 5.97 Å². The highest BCUT2D eigenvalue weighted by atomic mass is 16.5. The summed E-state index contributed by atoms with van der Waals surface area (Å²) in [7, 11) is 1.62. The number of amides is 6. The van der Waals surface area contributed by atoms with Crippen LogP contribution in [0.2, 0.25) is 0 Å². The van der Waals surface area contributed by atoms with E-state index in [0.717, 1.165) is 5.56 Å². The van der Waals surface area contributed by atoms with E-state index in [2.05, 4.69) is 31.9 Å². The van der Waals surface area contributed by atoms with Crippen molar-refractivity contribution in [2.75, 3.05) is 13.7 Å². The first-order chi connectivity index (χ1) is 28.5. The van der Waals surface area contributed by atoms with Crippen LogP contribution in [-0.2, 0) is 40.0 Å². The predicted octanol–water partition coefficient (Wildman–Crippen LogP) is 1.06. The molecule has 2 aromatic carbocycles. The molecule has 6 amide bonds.